The minimum Gasteiger partial charge on any atom is -0.493 e. The van der Waals surface area contributed by atoms with Crippen LogP contribution in [0.25, 0.3) is 0 Å². The van der Waals surface area contributed by atoms with Gasteiger partial charge in [0, 0.05) is 18.3 Å². The van der Waals surface area contributed by atoms with Crippen LogP contribution in [0.1, 0.15) is 31.9 Å². The molecule has 2 unspecified atom stereocenters. The van der Waals surface area contributed by atoms with Gasteiger partial charge in [-0.2, -0.15) is 0 Å². The van der Waals surface area contributed by atoms with Gasteiger partial charge in [0.1, 0.15) is 0 Å². The van der Waals surface area contributed by atoms with Gasteiger partial charge in [0.2, 0.25) is 0 Å². The van der Waals surface area contributed by atoms with Crippen LogP contribution >= 0.6 is 0 Å². The third-order valence-electron chi connectivity index (χ3n) is 4.18. The maximum absolute atomic E-state index is 5.92. The summed E-state index contributed by atoms with van der Waals surface area (Å²) in [7, 11) is 1.71. The van der Waals surface area contributed by atoms with Crippen LogP contribution in [0.15, 0.2) is 12.3 Å². The van der Waals surface area contributed by atoms with Crippen molar-refractivity contribution >= 4 is 5.69 Å². The van der Waals surface area contributed by atoms with Gasteiger partial charge in [-0.3, -0.25) is 4.98 Å². The molecule has 1 fully saturated rings. The standard InChI is InChI=1S/C15H25N3O/c1-4-18(13-7-5-6-12(13)9-16)14-8-11(2)17-10-15(14)19-3/h8,10,12-13H,4-7,9,16H2,1-3H3. The lowest BCUT2D eigenvalue weighted by molar-refractivity contribution is 0.404. The third-order valence-corrected chi connectivity index (χ3v) is 4.18. The summed E-state index contributed by atoms with van der Waals surface area (Å²) in [6.07, 6.45) is 5.55. The van der Waals surface area contributed by atoms with E-state index in [1.54, 1.807) is 7.11 Å². The first-order chi connectivity index (χ1) is 9.21. The number of ether oxygens (including phenoxy) is 1. The lowest BCUT2D eigenvalue weighted by Crippen LogP contribution is -2.40. The molecule has 0 amide bonds. The molecule has 0 aromatic carbocycles. The maximum atomic E-state index is 5.92. The second kappa shape index (κ2) is 6.24. The Morgan fingerprint density at radius 1 is 1.47 bits per heavy atom. The first-order valence-electron chi connectivity index (χ1n) is 7.18. The number of hydrogen-bond acceptors (Lipinski definition) is 4. The van der Waals surface area contributed by atoms with Gasteiger partial charge in [0.15, 0.2) is 5.75 Å². The number of anilines is 1. The quantitative estimate of drug-likeness (QED) is 0.886. The molecule has 0 radical (unpaired) electrons. The largest absolute Gasteiger partial charge is 0.493 e. The summed E-state index contributed by atoms with van der Waals surface area (Å²) in [6.45, 7) is 5.96. The van der Waals surface area contributed by atoms with Crippen molar-refractivity contribution in [3.05, 3.63) is 18.0 Å². The second-order valence-corrected chi connectivity index (χ2v) is 5.28. The van der Waals surface area contributed by atoms with E-state index >= 15 is 0 Å². The first-order valence-corrected chi connectivity index (χ1v) is 7.18. The molecule has 4 nitrogen and oxygen atoms in total. The Labute approximate surface area is 116 Å². The van der Waals surface area contributed by atoms with Crippen molar-refractivity contribution in [1.29, 1.82) is 0 Å². The zero-order valence-electron chi connectivity index (χ0n) is 12.2. The highest BCUT2D eigenvalue weighted by Gasteiger charge is 2.31. The van der Waals surface area contributed by atoms with Crippen molar-refractivity contribution < 1.29 is 4.74 Å². The molecule has 106 valence electrons. The van der Waals surface area contributed by atoms with Crippen molar-refractivity contribution in [3.8, 4) is 5.75 Å². The topological polar surface area (TPSA) is 51.4 Å². The van der Waals surface area contributed by atoms with Crippen LogP contribution in [0.4, 0.5) is 5.69 Å². The fraction of sp³-hybridized carbons (Fsp3) is 0.667. The molecule has 0 bridgehead atoms. The number of aryl methyl sites for hydroxylation is 1. The Kier molecular flexibility index (Phi) is 4.64. The minimum atomic E-state index is 0.533. The number of hydrogen-bond donors (Lipinski definition) is 1. The van der Waals surface area contributed by atoms with Crippen LogP contribution in [0.5, 0.6) is 5.75 Å². The van der Waals surface area contributed by atoms with Crippen molar-refractivity contribution in [1.82, 2.24) is 4.98 Å². The maximum Gasteiger partial charge on any atom is 0.160 e. The molecule has 2 atom stereocenters. The number of nitrogens with two attached hydrogens (primary N) is 1. The molecule has 1 aromatic heterocycles. The molecule has 0 spiro atoms. The molecule has 1 aliphatic rings. The molecular formula is C15H25N3O. The van der Waals surface area contributed by atoms with Crippen molar-refractivity contribution in [2.24, 2.45) is 11.7 Å². The van der Waals surface area contributed by atoms with E-state index in [1.807, 2.05) is 13.1 Å². The Bertz CT molecular complexity index is 422. The zero-order chi connectivity index (χ0) is 13.8. The normalized spacial score (nSPS) is 22.5. The highest BCUT2D eigenvalue weighted by atomic mass is 16.5. The highest BCUT2D eigenvalue weighted by molar-refractivity contribution is 5.59. The van der Waals surface area contributed by atoms with Crippen LogP contribution < -0.4 is 15.4 Å². The van der Waals surface area contributed by atoms with E-state index in [2.05, 4.69) is 22.9 Å². The molecule has 1 heterocycles. The number of rotatable bonds is 5. The number of methoxy groups -OCH3 is 1. The lowest BCUT2D eigenvalue weighted by atomic mass is 10.0. The molecule has 2 N–H and O–H groups in total. The number of aromatic nitrogens is 1. The smallest absolute Gasteiger partial charge is 0.160 e. The molecule has 2 rings (SSSR count). The Morgan fingerprint density at radius 2 is 2.26 bits per heavy atom. The molecule has 0 saturated heterocycles. The van der Waals surface area contributed by atoms with E-state index in [1.165, 1.54) is 19.3 Å². The third kappa shape index (κ3) is 2.84. The fourth-order valence-corrected chi connectivity index (χ4v) is 3.20. The van der Waals surface area contributed by atoms with Gasteiger partial charge in [-0.25, -0.2) is 0 Å². The molecule has 19 heavy (non-hydrogen) atoms. The summed E-state index contributed by atoms with van der Waals surface area (Å²) >= 11 is 0. The van der Waals surface area contributed by atoms with Crippen molar-refractivity contribution in [3.63, 3.8) is 0 Å². The fourth-order valence-electron chi connectivity index (χ4n) is 3.20. The van der Waals surface area contributed by atoms with E-state index in [9.17, 15) is 0 Å². The van der Waals surface area contributed by atoms with Crippen LogP contribution in [0.2, 0.25) is 0 Å². The molecular weight excluding hydrogens is 238 g/mol. The lowest BCUT2D eigenvalue weighted by Gasteiger charge is -2.34. The zero-order valence-corrected chi connectivity index (χ0v) is 12.2. The van der Waals surface area contributed by atoms with Gasteiger partial charge in [-0.15, -0.1) is 0 Å². The van der Waals surface area contributed by atoms with Crippen LogP contribution in [-0.2, 0) is 0 Å². The minimum absolute atomic E-state index is 0.533. The summed E-state index contributed by atoms with van der Waals surface area (Å²) < 4.78 is 5.48. The van der Waals surface area contributed by atoms with Gasteiger partial charge < -0.3 is 15.4 Å². The summed E-state index contributed by atoms with van der Waals surface area (Å²) in [4.78, 5) is 6.76. The predicted molar refractivity (Wildman–Crippen MR) is 78.7 cm³/mol. The Balaban J connectivity index is 2.33. The van der Waals surface area contributed by atoms with Crippen molar-refractivity contribution in [2.75, 3.05) is 25.1 Å². The Morgan fingerprint density at radius 3 is 2.89 bits per heavy atom. The van der Waals surface area contributed by atoms with E-state index in [4.69, 9.17) is 10.5 Å². The van der Waals surface area contributed by atoms with Gasteiger partial charge in [0.05, 0.1) is 19.0 Å². The summed E-state index contributed by atoms with van der Waals surface area (Å²) in [5.41, 5.74) is 8.10. The Hall–Kier alpha value is -1.29. The van der Waals surface area contributed by atoms with Crippen molar-refractivity contribution in [2.45, 2.75) is 39.2 Å². The second-order valence-electron chi connectivity index (χ2n) is 5.28. The van der Waals surface area contributed by atoms with Gasteiger partial charge in [-0.05, 0) is 45.2 Å². The van der Waals surface area contributed by atoms with Gasteiger partial charge in [-0.1, -0.05) is 6.42 Å². The molecule has 1 aromatic rings. The van der Waals surface area contributed by atoms with Crippen LogP contribution in [0.3, 0.4) is 0 Å². The average Bonchev–Trinajstić information content (AvgIpc) is 2.88. The van der Waals surface area contributed by atoms with Gasteiger partial charge >= 0.3 is 0 Å². The van der Waals surface area contributed by atoms with Crippen LogP contribution in [0, 0.1) is 12.8 Å². The number of nitrogens with zero attached hydrogens (tertiary/aromatic N) is 2. The van der Waals surface area contributed by atoms with E-state index < -0.39 is 0 Å². The summed E-state index contributed by atoms with van der Waals surface area (Å²) in [6, 6.07) is 2.65. The summed E-state index contributed by atoms with van der Waals surface area (Å²) in [5.74, 6) is 1.45. The monoisotopic (exact) mass is 263 g/mol. The SMILES string of the molecule is CCN(c1cc(C)ncc1OC)C1CCCC1CN. The van der Waals surface area contributed by atoms with Crippen LogP contribution in [-0.4, -0.2) is 31.2 Å². The van der Waals surface area contributed by atoms with E-state index in [0.29, 0.717) is 12.0 Å². The van der Waals surface area contributed by atoms with Gasteiger partial charge in [0.25, 0.3) is 0 Å². The predicted octanol–water partition coefficient (Wildman–Crippen LogP) is 2.35. The molecule has 0 aliphatic heterocycles. The number of pyridine rings is 1. The van der Waals surface area contributed by atoms with E-state index in [0.717, 1.165) is 30.2 Å². The molecule has 1 aliphatic carbocycles. The van der Waals surface area contributed by atoms with E-state index in [-0.39, 0.29) is 0 Å². The summed E-state index contributed by atoms with van der Waals surface area (Å²) in [5, 5.41) is 0. The highest BCUT2D eigenvalue weighted by Crippen LogP contribution is 2.36. The molecule has 4 heteroatoms. The first kappa shape index (κ1) is 14.1. The average molecular weight is 263 g/mol. The molecule has 1 saturated carbocycles.